The van der Waals surface area contributed by atoms with Crippen LogP contribution < -0.4 is 59.7 Å². The summed E-state index contributed by atoms with van der Waals surface area (Å²) in [5.74, 6) is -10.3. The summed E-state index contributed by atoms with van der Waals surface area (Å²) < 4.78 is 0. The third-order valence-corrected chi connectivity index (χ3v) is 16.3. The Hall–Kier alpha value is -9.52. The van der Waals surface area contributed by atoms with Crippen LogP contribution in [0.25, 0.3) is 0 Å². The van der Waals surface area contributed by atoms with Crippen LogP contribution in [0.5, 0.6) is 5.75 Å². The fourth-order valence-corrected chi connectivity index (χ4v) is 10.9. The number of carboxylic acids is 2. The van der Waals surface area contributed by atoms with Crippen molar-refractivity contribution in [2.75, 3.05) is 13.1 Å². The number of hydrogen-bond acceptors (Lipinski definition) is 16. The molecule has 19 N–H and O–H groups in total. The molecule has 2 radical (unpaired) electrons. The highest BCUT2D eigenvalue weighted by Gasteiger charge is 2.40. The van der Waals surface area contributed by atoms with E-state index in [0.717, 1.165) is 0 Å². The van der Waals surface area contributed by atoms with Crippen molar-refractivity contribution in [1.29, 1.82) is 0 Å². The molecule has 31 heteroatoms. The number of rotatable bonds is 38. The number of nitrogens with one attached hydrogen (secondary N) is 10. The number of aliphatic imine (C=N–C) groups is 1. The van der Waals surface area contributed by atoms with Gasteiger partial charge in [0.2, 0.25) is 47.3 Å². The van der Waals surface area contributed by atoms with Crippen LogP contribution in [0.15, 0.2) is 84.6 Å². The highest BCUT2D eigenvalue weighted by molar-refractivity contribution is 6.39. The predicted octanol–water partition coefficient (Wildman–Crippen LogP) is -1.56. The Morgan fingerprint density at radius 3 is 1.70 bits per heavy atom. The van der Waals surface area contributed by atoms with Crippen molar-refractivity contribution in [3.63, 3.8) is 0 Å². The number of likely N-dealkylation sites (tertiary alicyclic amines) is 1. The quantitative estimate of drug-likeness (QED) is 0.0104. The molecule has 0 bridgehead atoms. The van der Waals surface area contributed by atoms with Crippen LogP contribution in [-0.2, 0) is 73.6 Å². The molecule has 2 aromatic carbocycles. The summed E-state index contributed by atoms with van der Waals surface area (Å²) in [6.07, 6.45) is 6.38. The van der Waals surface area contributed by atoms with Crippen LogP contribution in [0.2, 0.25) is 0 Å². The van der Waals surface area contributed by atoms with Gasteiger partial charge < -0.3 is 89.9 Å². The van der Waals surface area contributed by atoms with Gasteiger partial charge in [-0.1, -0.05) is 90.4 Å². The van der Waals surface area contributed by atoms with Crippen molar-refractivity contribution in [2.45, 2.75) is 173 Å². The van der Waals surface area contributed by atoms with E-state index in [1.54, 1.807) is 74.3 Å². The van der Waals surface area contributed by atoms with E-state index in [9.17, 15) is 58.5 Å². The molecule has 2 aromatic heterocycles. The maximum absolute atomic E-state index is 15.0. The van der Waals surface area contributed by atoms with Gasteiger partial charge in [-0.15, -0.1) is 0 Å². The Kier molecular flexibility index (Phi) is 29.1. The zero-order valence-corrected chi connectivity index (χ0v) is 54.1. The van der Waals surface area contributed by atoms with Gasteiger partial charge in [0.05, 0.1) is 41.0 Å². The molecule has 0 saturated carbocycles. The summed E-state index contributed by atoms with van der Waals surface area (Å²) in [4.78, 5) is 158. The van der Waals surface area contributed by atoms with E-state index in [-0.39, 0.29) is 69.1 Å². The SMILES string of the molecule is CC[C@H](C)C(NC(=O)C(Cc1ccc(O)cc1)NC(=O)C(NC(=O)C(CCCN=C(N)N)NC(=O)C(N)CC(=O)O)C(C)C)C(=O)NC(Cc1cnc[nH]1)C(=[Si])N1CCC[C@H]1C(=O)NC(Cc1ccccc1)C(=O)NC(Cc1cnc[nH]1)C(=O)NC(CC(C)C)C(=O)O. The zero-order valence-electron chi connectivity index (χ0n) is 53.1. The standard InChI is InChI=1S/C62H89N17O13Si/c1-7-35(6)51(78-56(87)44(25-37-17-19-40(80)20-18-37)74-58(89)50(34(4)5)77-53(84)42(15-11-21-68-62(64)65)71-52(83)41(63)28-49(81)82)59(90)75-46(27-39-30-67-32-70-39)60(93)79-22-12-16-48(79)57(88)73-43(24-36-13-9-8-10-14-36)54(85)72-45(26-38-29-66-31-69-38)55(86)76-47(61(91)92)23-33(2)3/h8-10,13-14,17-20,29-35,41-48,50-51,80H,7,11-12,15-16,21-28,63H2,1-6H3,(H,66,69)(H,67,70)(H,71,83)(H,72,85)(H,73,88)(H,74,89)(H,75,90)(H,76,86)(H,77,84)(H,78,87)(H,81,82)(H,91,92)(H4,64,65,68)/t35-,41?,42?,43?,44?,45?,46?,47?,48-,50?,51?/m0/s1. The van der Waals surface area contributed by atoms with Crippen LogP contribution >= 0.6 is 0 Å². The van der Waals surface area contributed by atoms with Crippen molar-refractivity contribution in [2.24, 2.45) is 39.9 Å². The zero-order chi connectivity index (χ0) is 68.5. The first kappa shape index (κ1) is 74.2. The number of aromatic hydroxyl groups is 1. The second-order valence-corrected chi connectivity index (χ2v) is 24.5. The summed E-state index contributed by atoms with van der Waals surface area (Å²) in [5, 5.41) is 51.8. The van der Waals surface area contributed by atoms with Crippen LogP contribution in [0, 0.1) is 17.8 Å². The Bertz CT molecular complexity index is 3190. The number of carbonyl (C=O) groups is 10. The van der Waals surface area contributed by atoms with E-state index in [1.165, 1.54) is 31.0 Å². The Balaban J connectivity index is 1.40. The molecule has 0 aliphatic carbocycles. The summed E-state index contributed by atoms with van der Waals surface area (Å²) in [5.41, 5.74) is 19.0. The summed E-state index contributed by atoms with van der Waals surface area (Å²) in [6, 6.07) is 2.22. The normalized spacial score (nSPS) is 16.1. The molecule has 1 aliphatic heterocycles. The number of nitrogens with zero attached hydrogens (tertiary/aromatic N) is 4. The molecular weight excluding hydrogens is 1220 g/mol. The molecule has 1 saturated heterocycles. The second kappa shape index (κ2) is 36.5. The minimum Gasteiger partial charge on any atom is -0.508 e. The molecule has 30 nitrogen and oxygen atoms in total. The van der Waals surface area contributed by atoms with Crippen LogP contribution in [0.4, 0.5) is 0 Å². The number of hydrogen-bond donors (Lipinski definition) is 16. The number of imidazole rings is 2. The van der Waals surface area contributed by atoms with Gasteiger partial charge in [0, 0.05) is 67.8 Å². The molecule has 9 unspecified atom stereocenters. The Morgan fingerprint density at radius 1 is 0.645 bits per heavy atom. The predicted molar refractivity (Wildman–Crippen MR) is 344 cm³/mol. The minimum atomic E-state index is -1.52. The summed E-state index contributed by atoms with van der Waals surface area (Å²) in [7, 11) is 3.84. The van der Waals surface area contributed by atoms with Gasteiger partial charge in [-0.3, -0.25) is 48.1 Å². The molecule has 4 aromatic rings. The molecule has 504 valence electrons. The average molecular weight is 1310 g/mol. The van der Waals surface area contributed by atoms with E-state index >= 15 is 4.79 Å². The van der Waals surface area contributed by atoms with Gasteiger partial charge in [0.1, 0.15) is 54.1 Å². The second-order valence-electron chi connectivity index (χ2n) is 23.9. The number of nitrogens with two attached hydrogens (primary N) is 3. The smallest absolute Gasteiger partial charge is 0.326 e. The number of phenolic OH excluding ortho intramolecular Hbond substituents is 1. The number of aromatic nitrogens is 4. The topological polar surface area (TPSA) is 479 Å². The lowest BCUT2D eigenvalue weighted by molar-refractivity contribution is -0.143. The molecule has 1 fully saturated rings. The van der Waals surface area contributed by atoms with Crippen molar-refractivity contribution in [3.05, 3.63) is 102 Å². The third-order valence-electron chi connectivity index (χ3n) is 15.7. The fraction of sp³-hybridized carbons (Fsp3) is 0.516. The first-order valence-electron chi connectivity index (χ1n) is 30.9. The molecule has 0 spiro atoms. The van der Waals surface area contributed by atoms with E-state index in [1.807, 2.05) is 20.8 Å². The Morgan fingerprint density at radius 2 is 1.15 bits per heavy atom. The van der Waals surface area contributed by atoms with Crippen molar-refractivity contribution < 1.29 is 63.3 Å². The minimum absolute atomic E-state index is 0.00558. The van der Waals surface area contributed by atoms with Gasteiger partial charge in [0.25, 0.3) is 0 Å². The number of amides is 8. The van der Waals surface area contributed by atoms with Crippen LogP contribution in [-0.4, -0.2) is 194 Å². The van der Waals surface area contributed by atoms with Crippen LogP contribution in [0.3, 0.4) is 0 Å². The average Bonchev–Trinajstić information content (AvgIpc) is 1.81. The molecule has 93 heavy (non-hydrogen) atoms. The summed E-state index contributed by atoms with van der Waals surface area (Å²) >= 11 is 0. The maximum Gasteiger partial charge on any atom is 0.326 e. The van der Waals surface area contributed by atoms with Gasteiger partial charge in [-0.05, 0) is 73.1 Å². The number of benzene rings is 2. The van der Waals surface area contributed by atoms with Crippen molar-refractivity contribution in [3.8, 4) is 5.75 Å². The molecular formula is C62H89N17O13Si. The highest BCUT2D eigenvalue weighted by atomic mass is 28.1. The number of phenols is 1. The number of H-pyrrole nitrogens is 2. The molecule has 5 rings (SSSR count). The largest absolute Gasteiger partial charge is 0.508 e. The molecule has 11 atom stereocenters. The molecule has 8 amide bonds. The van der Waals surface area contributed by atoms with E-state index < -0.39 is 138 Å². The number of aromatic amines is 2. The lowest BCUT2D eigenvalue weighted by atomic mass is 9.96. The summed E-state index contributed by atoms with van der Waals surface area (Å²) in [6.45, 7) is 10.8. The van der Waals surface area contributed by atoms with E-state index in [4.69, 9.17) is 17.2 Å². The first-order valence-corrected chi connectivity index (χ1v) is 31.4. The highest BCUT2D eigenvalue weighted by Crippen LogP contribution is 2.22. The van der Waals surface area contributed by atoms with Gasteiger partial charge >= 0.3 is 11.9 Å². The molecule has 1 aliphatic rings. The number of carboxylic acid groups (broad SMARTS) is 2. The Labute approximate surface area is 542 Å². The van der Waals surface area contributed by atoms with Crippen molar-refractivity contribution >= 4 is 80.3 Å². The lowest BCUT2D eigenvalue weighted by Gasteiger charge is -2.35. The van der Waals surface area contributed by atoms with Gasteiger partial charge in [0.15, 0.2) is 5.96 Å². The first-order chi connectivity index (χ1) is 44.1. The number of aliphatic carboxylic acids is 2. The van der Waals surface area contributed by atoms with Crippen molar-refractivity contribution in [1.82, 2.24) is 67.4 Å². The van der Waals surface area contributed by atoms with Gasteiger partial charge in [-0.2, -0.15) is 0 Å². The lowest BCUT2D eigenvalue weighted by Crippen LogP contribution is -2.62. The van der Waals surface area contributed by atoms with Gasteiger partial charge in [-0.25, -0.2) is 14.8 Å². The molecule has 3 heterocycles. The van der Waals surface area contributed by atoms with E-state index in [0.29, 0.717) is 53.6 Å². The van der Waals surface area contributed by atoms with Crippen LogP contribution in [0.1, 0.15) is 109 Å². The number of guanidine groups is 1. The fourth-order valence-electron chi connectivity index (χ4n) is 10.4. The van der Waals surface area contributed by atoms with E-state index in [2.05, 4.69) is 77.3 Å². The maximum atomic E-state index is 15.0. The monoisotopic (exact) mass is 1310 g/mol. The third kappa shape index (κ3) is 23.9. The number of carbonyl (C=O) groups excluding carboxylic acids is 8.